The van der Waals surface area contributed by atoms with Gasteiger partial charge in [-0.05, 0) is 51.4 Å². The number of carbonyl (C=O) groups excluding carboxylic acids is 1. The van der Waals surface area contributed by atoms with E-state index >= 15 is 0 Å². The number of carbonyl (C=O) groups is 2. The van der Waals surface area contributed by atoms with Gasteiger partial charge in [-0.2, -0.15) is 0 Å². The van der Waals surface area contributed by atoms with Crippen LogP contribution >= 0.6 is 0 Å². The van der Waals surface area contributed by atoms with Crippen molar-refractivity contribution in [2.24, 2.45) is 0 Å². The Bertz CT molecular complexity index is 572. The molecule has 0 spiro atoms. The van der Waals surface area contributed by atoms with Gasteiger partial charge in [-0.15, -0.1) is 0 Å². The number of carboxylic acid groups (broad SMARTS) is 1. The van der Waals surface area contributed by atoms with Gasteiger partial charge in [-0.25, -0.2) is 0 Å². The average Bonchev–Trinajstić information content (AvgIpc) is 2.97. The molecule has 0 unspecified atom stereocenters. The number of esters is 1. The Morgan fingerprint density at radius 2 is 0.714 bits per heavy atom. The van der Waals surface area contributed by atoms with Crippen LogP contribution in [0, 0.1) is 0 Å². The first kappa shape index (κ1) is 40.9. The van der Waals surface area contributed by atoms with Gasteiger partial charge in [0.05, 0.1) is 0 Å². The number of carboxylic acids is 1. The molecule has 0 rings (SSSR count). The lowest BCUT2D eigenvalue weighted by Gasteiger charge is -2.34. The fourth-order valence-corrected chi connectivity index (χ4v) is 6.29. The van der Waals surface area contributed by atoms with Crippen molar-refractivity contribution in [1.82, 2.24) is 0 Å². The van der Waals surface area contributed by atoms with Crippen LogP contribution in [0.4, 0.5) is 0 Å². The molecule has 0 amide bonds. The number of hydrogen-bond acceptors (Lipinski definition) is 3. The molecular weight excluding hydrogens is 520 g/mol. The summed E-state index contributed by atoms with van der Waals surface area (Å²) in [5.74, 6) is -0.681. The van der Waals surface area contributed by atoms with E-state index < -0.39 is 5.97 Å². The van der Waals surface area contributed by atoms with Gasteiger partial charge in [-0.3, -0.25) is 9.59 Å². The molecule has 0 fully saturated rings. The number of ether oxygens (including phenoxy) is 1. The van der Waals surface area contributed by atoms with Crippen molar-refractivity contribution >= 4 is 11.9 Å². The number of unbranched alkanes of at least 4 members (excludes halogenated alkanes) is 23. The van der Waals surface area contributed by atoms with Crippen molar-refractivity contribution in [3.8, 4) is 0 Å². The van der Waals surface area contributed by atoms with Gasteiger partial charge >= 0.3 is 11.9 Å². The first-order valence-corrected chi connectivity index (χ1v) is 18.9. The maximum Gasteiger partial charge on any atom is 0.306 e. The highest BCUT2D eigenvalue weighted by atomic mass is 16.6. The second-order valence-electron chi connectivity index (χ2n) is 13.3. The summed E-state index contributed by atoms with van der Waals surface area (Å²) in [7, 11) is 0. The Morgan fingerprint density at radius 3 is 1.05 bits per heavy atom. The van der Waals surface area contributed by atoms with E-state index in [4.69, 9.17) is 9.84 Å². The number of aliphatic carboxylic acids is 1. The van der Waals surface area contributed by atoms with E-state index in [2.05, 4.69) is 20.8 Å². The predicted molar refractivity (Wildman–Crippen MR) is 181 cm³/mol. The molecule has 0 aliphatic carbocycles. The lowest BCUT2D eigenvalue weighted by Crippen LogP contribution is -2.35. The molecule has 0 aliphatic rings. The van der Waals surface area contributed by atoms with E-state index in [9.17, 15) is 9.59 Å². The van der Waals surface area contributed by atoms with Crippen molar-refractivity contribution in [2.75, 3.05) is 0 Å². The standard InChI is InChI=1S/C38H74O4/c1-4-7-10-13-16-17-20-25-30-35-38(33-28-23-14-11-8-5-2,34-29-24-15-12-9-6-3)42-37(41)32-27-22-19-18-21-26-31-36(39)40/h4-35H2,1-3H3,(H,39,40). The minimum atomic E-state index is -0.703. The monoisotopic (exact) mass is 595 g/mol. The Morgan fingerprint density at radius 1 is 0.429 bits per heavy atom. The maximum atomic E-state index is 13.2. The van der Waals surface area contributed by atoms with Crippen LogP contribution < -0.4 is 0 Å². The van der Waals surface area contributed by atoms with Crippen LogP contribution in [0.3, 0.4) is 0 Å². The molecule has 0 heterocycles. The highest BCUT2D eigenvalue weighted by molar-refractivity contribution is 5.69. The lowest BCUT2D eigenvalue weighted by molar-refractivity contribution is -0.163. The molecule has 250 valence electrons. The van der Waals surface area contributed by atoms with Gasteiger partial charge in [0.15, 0.2) is 0 Å². The molecule has 4 nitrogen and oxygen atoms in total. The summed E-state index contributed by atoms with van der Waals surface area (Å²) in [6, 6.07) is 0. The molecule has 4 heteroatoms. The van der Waals surface area contributed by atoms with Crippen molar-refractivity contribution in [3.05, 3.63) is 0 Å². The highest BCUT2D eigenvalue weighted by Gasteiger charge is 2.32. The van der Waals surface area contributed by atoms with Gasteiger partial charge in [0.25, 0.3) is 0 Å². The van der Waals surface area contributed by atoms with Crippen molar-refractivity contribution in [1.29, 1.82) is 0 Å². The third-order valence-corrected chi connectivity index (χ3v) is 9.06. The quantitative estimate of drug-likeness (QED) is 0.0594. The first-order chi connectivity index (χ1) is 20.5. The van der Waals surface area contributed by atoms with Crippen LogP contribution in [-0.4, -0.2) is 22.6 Å². The summed E-state index contributed by atoms with van der Waals surface area (Å²) >= 11 is 0. The molecule has 0 aromatic heterocycles. The zero-order valence-corrected chi connectivity index (χ0v) is 28.8. The minimum Gasteiger partial charge on any atom is -0.481 e. The Kier molecular flexibility index (Phi) is 30.6. The molecular formula is C38H74O4. The third kappa shape index (κ3) is 27.8. The van der Waals surface area contributed by atoms with E-state index in [0.717, 1.165) is 57.8 Å². The lowest BCUT2D eigenvalue weighted by atomic mass is 9.84. The molecule has 0 aliphatic heterocycles. The van der Waals surface area contributed by atoms with Gasteiger partial charge in [0, 0.05) is 12.8 Å². The molecule has 0 saturated heterocycles. The molecule has 0 radical (unpaired) electrons. The smallest absolute Gasteiger partial charge is 0.306 e. The van der Waals surface area contributed by atoms with Crippen LogP contribution in [-0.2, 0) is 14.3 Å². The Hall–Kier alpha value is -1.06. The van der Waals surface area contributed by atoms with E-state index in [1.807, 2.05) is 0 Å². The summed E-state index contributed by atoms with van der Waals surface area (Å²) in [5.41, 5.74) is -0.259. The van der Waals surface area contributed by atoms with Crippen LogP contribution in [0.15, 0.2) is 0 Å². The maximum absolute atomic E-state index is 13.2. The van der Waals surface area contributed by atoms with Gasteiger partial charge in [0.1, 0.15) is 5.60 Å². The number of rotatable bonds is 34. The van der Waals surface area contributed by atoms with Crippen LogP contribution in [0.5, 0.6) is 0 Å². The largest absolute Gasteiger partial charge is 0.481 e. The van der Waals surface area contributed by atoms with Crippen molar-refractivity contribution in [3.63, 3.8) is 0 Å². The summed E-state index contributed by atoms with van der Waals surface area (Å²) < 4.78 is 6.53. The number of hydrogen-bond donors (Lipinski definition) is 1. The fraction of sp³-hybridized carbons (Fsp3) is 0.947. The topological polar surface area (TPSA) is 63.6 Å². The molecule has 0 aromatic rings. The first-order valence-electron chi connectivity index (χ1n) is 18.9. The minimum absolute atomic E-state index is 0.0220. The SMILES string of the molecule is CCCCCCCCCCCC(CCCCCCCC)(CCCCCCCC)OC(=O)CCCCCCCCC(=O)O. The summed E-state index contributed by atoms with van der Waals surface area (Å²) in [6.07, 6.45) is 37.0. The zero-order valence-electron chi connectivity index (χ0n) is 28.8. The van der Waals surface area contributed by atoms with Gasteiger partial charge in [-0.1, -0.05) is 162 Å². The van der Waals surface area contributed by atoms with Crippen LogP contribution in [0.25, 0.3) is 0 Å². The Balaban J connectivity index is 4.92. The summed E-state index contributed by atoms with van der Waals surface area (Å²) in [4.78, 5) is 23.9. The second-order valence-corrected chi connectivity index (χ2v) is 13.3. The highest BCUT2D eigenvalue weighted by Crippen LogP contribution is 2.34. The van der Waals surface area contributed by atoms with Gasteiger partial charge < -0.3 is 9.84 Å². The molecule has 1 N–H and O–H groups in total. The van der Waals surface area contributed by atoms with Crippen molar-refractivity contribution < 1.29 is 19.4 Å². The fourth-order valence-electron chi connectivity index (χ4n) is 6.29. The third-order valence-electron chi connectivity index (χ3n) is 9.06. The molecule has 0 saturated carbocycles. The summed E-state index contributed by atoms with van der Waals surface area (Å²) in [6.45, 7) is 6.83. The predicted octanol–water partition coefficient (Wildman–Crippen LogP) is 12.9. The van der Waals surface area contributed by atoms with E-state index in [0.29, 0.717) is 6.42 Å². The van der Waals surface area contributed by atoms with E-state index in [-0.39, 0.29) is 18.0 Å². The van der Waals surface area contributed by atoms with Gasteiger partial charge in [0.2, 0.25) is 0 Å². The second kappa shape index (κ2) is 31.4. The van der Waals surface area contributed by atoms with E-state index in [1.165, 1.54) is 135 Å². The average molecular weight is 595 g/mol. The molecule has 0 atom stereocenters. The normalized spacial score (nSPS) is 11.7. The van der Waals surface area contributed by atoms with E-state index in [1.54, 1.807) is 0 Å². The molecule has 0 aromatic carbocycles. The van der Waals surface area contributed by atoms with Crippen LogP contribution in [0.1, 0.15) is 226 Å². The Labute approximate surface area is 262 Å². The zero-order chi connectivity index (χ0) is 31.0. The molecule has 42 heavy (non-hydrogen) atoms. The van der Waals surface area contributed by atoms with Crippen molar-refractivity contribution in [2.45, 2.75) is 232 Å². The molecule has 0 bridgehead atoms. The summed E-state index contributed by atoms with van der Waals surface area (Å²) in [5, 5.41) is 8.79. The van der Waals surface area contributed by atoms with Crippen LogP contribution in [0.2, 0.25) is 0 Å².